The second kappa shape index (κ2) is 4.59. The van der Waals surface area contributed by atoms with Crippen molar-refractivity contribution in [2.24, 2.45) is 0 Å². The van der Waals surface area contributed by atoms with Crippen molar-refractivity contribution in [1.29, 1.82) is 5.26 Å². The molecule has 6 nitrogen and oxygen atoms in total. The van der Waals surface area contributed by atoms with Gasteiger partial charge in [0.25, 0.3) is 5.69 Å². The van der Waals surface area contributed by atoms with Crippen molar-refractivity contribution >= 4 is 23.3 Å². The molecule has 0 saturated heterocycles. The second-order valence-electron chi connectivity index (χ2n) is 2.90. The lowest BCUT2D eigenvalue weighted by Gasteiger charge is -2.02. The van der Waals surface area contributed by atoms with Crippen LogP contribution in [-0.2, 0) is 11.2 Å². The highest BCUT2D eigenvalue weighted by molar-refractivity contribution is 6.31. The smallest absolute Gasteiger partial charge is 0.308 e. The highest BCUT2D eigenvalue weighted by Crippen LogP contribution is 2.26. The Balaban J connectivity index is 3.37. The molecule has 0 atom stereocenters. The molecule has 0 aliphatic heterocycles. The summed E-state index contributed by atoms with van der Waals surface area (Å²) in [6.45, 7) is 0. The first-order chi connectivity index (χ1) is 7.45. The average molecular weight is 241 g/mol. The van der Waals surface area contributed by atoms with Gasteiger partial charge in [-0.1, -0.05) is 11.6 Å². The van der Waals surface area contributed by atoms with Gasteiger partial charge >= 0.3 is 5.97 Å². The number of benzene rings is 1. The van der Waals surface area contributed by atoms with Crippen molar-refractivity contribution in [1.82, 2.24) is 0 Å². The summed E-state index contributed by atoms with van der Waals surface area (Å²) in [7, 11) is 0. The molecule has 0 radical (unpaired) electrons. The fourth-order valence-corrected chi connectivity index (χ4v) is 1.39. The first kappa shape index (κ1) is 11.9. The Labute approximate surface area is 94.8 Å². The van der Waals surface area contributed by atoms with Gasteiger partial charge in [-0.05, 0) is 6.07 Å². The van der Waals surface area contributed by atoms with E-state index in [1.165, 1.54) is 0 Å². The van der Waals surface area contributed by atoms with Crippen LogP contribution in [0.5, 0.6) is 0 Å². The van der Waals surface area contributed by atoms with Crippen molar-refractivity contribution in [2.75, 3.05) is 0 Å². The molecule has 0 bridgehead atoms. The number of halogens is 1. The molecule has 0 saturated carbocycles. The van der Waals surface area contributed by atoms with Crippen LogP contribution in [0.15, 0.2) is 12.1 Å². The zero-order valence-electron chi connectivity index (χ0n) is 7.81. The van der Waals surface area contributed by atoms with Crippen molar-refractivity contribution in [3.63, 3.8) is 0 Å². The van der Waals surface area contributed by atoms with Crippen LogP contribution in [0.4, 0.5) is 5.69 Å². The number of nitro benzene ring substituents is 1. The van der Waals surface area contributed by atoms with Crippen LogP contribution >= 0.6 is 11.6 Å². The molecule has 82 valence electrons. The van der Waals surface area contributed by atoms with E-state index in [1.807, 2.05) is 0 Å². The summed E-state index contributed by atoms with van der Waals surface area (Å²) in [6.07, 6.45) is -0.512. The van der Waals surface area contributed by atoms with Gasteiger partial charge in [-0.2, -0.15) is 5.26 Å². The first-order valence-corrected chi connectivity index (χ1v) is 4.42. The highest BCUT2D eigenvalue weighted by atomic mass is 35.5. The topological polar surface area (TPSA) is 104 Å². The normalized spacial score (nSPS) is 9.50. The van der Waals surface area contributed by atoms with Crippen molar-refractivity contribution in [3.05, 3.63) is 38.4 Å². The number of nitro groups is 1. The molecular formula is C9H5ClN2O4. The molecule has 1 aromatic rings. The number of nitrogens with zero attached hydrogens (tertiary/aromatic N) is 2. The van der Waals surface area contributed by atoms with Gasteiger partial charge in [-0.3, -0.25) is 14.9 Å². The van der Waals surface area contributed by atoms with Gasteiger partial charge in [-0.15, -0.1) is 0 Å². The van der Waals surface area contributed by atoms with E-state index in [1.54, 1.807) is 6.07 Å². The Hall–Kier alpha value is -2.13. The zero-order valence-corrected chi connectivity index (χ0v) is 8.56. The maximum absolute atomic E-state index is 10.6. The van der Waals surface area contributed by atoms with E-state index in [2.05, 4.69) is 0 Å². The summed E-state index contributed by atoms with van der Waals surface area (Å²) < 4.78 is 0. The Bertz CT molecular complexity index is 507. The summed E-state index contributed by atoms with van der Waals surface area (Å²) in [5, 5.41) is 27.8. The van der Waals surface area contributed by atoms with E-state index in [4.69, 9.17) is 22.0 Å². The second-order valence-corrected chi connectivity index (χ2v) is 3.31. The van der Waals surface area contributed by atoms with Crippen LogP contribution < -0.4 is 0 Å². The van der Waals surface area contributed by atoms with E-state index in [0.717, 1.165) is 12.1 Å². The lowest BCUT2D eigenvalue weighted by Crippen LogP contribution is -2.04. The summed E-state index contributed by atoms with van der Waals surface area (Å²) >= 11 is 5.65. The van der Waals surface area contributed by atoms with Gasteiger partial charge < -0.3 is 5.11 Å². The molecule has 0 aromatic heterocycles. The lowest BCUT2D eigenvalue weighted by atomic mass is 10.1. The van der Waals surface area contributed by atoms with Gasteiger partial charge in [0.1, 0.15) is 6.07 Å². The Morgan fingerprint density at radius 1 is 1.62 bits per heavy atom. The predicted molar refractivity (Wildman–Crippen MR) is 54.2 cm³/mol. The fourth-order valence-electron chi connectivity index (χ4n) is 1.16. The third kappa shape index (κ3) is 2.46. The van der Waals surface area contributed by atoms with E-state index < -0.39 is 23.0 Å². The minimum atomic E-state index is -1.20. The molecule has 1 N–H and O–H groups in total. The quantitative estimate of drug-likeness (QED) is 0.640. The van der Waals surface area contributed by atoms with Crippen molar-refractivity contribution in [2.45, 2.75) is 6.42 Å². The number of aliphatic carboxylic acids is 1. The standard InChI is InChI=1S/C9H5ClN2O4/c10-7-1-5(3-9(13)14)8(12(15)16)2-6(7)4-11/h1-2H,3H2,(H,13,14). The van der Waals surface area contributed by atoms with E-state index in [0.29, 0.717) is 0 Å². The molecule has 7 heteroatoms. The lowest BCUT2D eigenvalue weighted by molar-refractivity contribution is -0.385. The molecular weight excluding hydrogens is 236 g/mol. The Morgan fingerprint density at radius 3 is 2.69 bits per heavy atom. The SMILES string of the molecule is N#Cc1cc([N+](=O)[O-])c(CC(=O)O)cc1Cl. The van der Waals surface area contributed by atoms with Gasteiger partial charge in [0.2, 0.25) is 0 Å². The molecule has 0 aliphatic rings. The summed E-state index contributed by atoms with van der Waals surface area (Å²) in [5.41, 5.74) is -0.493. The number of nitriles is 1. The average Bonchev–Trinajstić information content (AvgIpc) is 2.16. The molecule has 0 aliphatic carbocycles. The number of rotatable bonds is 3. The van der Waals surface area contributed by atoms with Crippen LogP contribution in [0.2, 0.25) is 5.02 Å². The van der Waals surface area contributed by atoms with Gasteiger partial charge in [0.15, 0.2) is 0 Å². The Kier molecular flexibility index (Phi) is 3.43. The molecule has 16 heavy (non-hydrogen) atoms. The maximum atomic E-state index is 10.6. The van der Waals surface area contributed by atoms with Gasteiger partial charge in [0, 0.05) is 11.6 Å². The van der Waals surface area contributed by atoms with Crippen molar-refractivity contribution < 1.29 is 14.8 Å². The largest absolute Gasteiger partial charge is 0.481 e. The van der Waals surface area contributed by atoms with Crippen LogP contribution in [0.1, 0.15) is 11.1 Å². The predicted octanol–water partition coefficient (Wildman–Crippen LogP) is 1.75. The zero-order chi connectivity index (χ0) is 12.3. The molecule has 0 fully saturated rings. The minimum absolute atomic E-state index is 0.00403. The minimum Gasteiger partial charge on any atom is -0.481 e. The monoisotopic (exact) mass is 240 g/mol. The summed E-state index contributed by atoms with van der Waals surface area (Å²) in [6, 6.07) is 3.79. The molecule has 0 unspecified atom stereocenters. The molecule has 0 heterocycles. The van der Waals surface area contributed by atoms with Crippen molar-refractivity contribution in [3.8, 4) is 6.07 Å². The number of hydrogen-bond donors (Lipinski definition) is 1. The van der Waals surface area contributed by atoms with Crippen LogP contribution in [0.25, 0.3) is 0 Å². The van der Waals surface area contributed by atoms with Crippen LogP contribution in [0, 0.1) is 21.4 Å². The maximum Gasteiger partial charge on any atom is 0.308 e. The van der Waals surface area contributed by atoms with E-state index >= 15 is 0 Å². The summed E-state index contributed by atoms with van der Waals surface area (Å²) in [4.78, 5) is 20.4. The highest BCUT2D eigenvalue weighted by Gasteiger charge is 2.19. The third-order valence-electron chi connectivity index (χ3n) is 1.83. The number of carboxylic acid groups (broad SMARTS) is 1. The van der Waals surface area contributed by atoms with Crippen LogP contribution in [0.3, 0.4) is 0 Å². The van der Waals surface area contributed by atoms with E-state index in [-0.39, 0.29) is 16.1 Å². The number of carbonyl (C=O) groups is 1. The first-order valence-electron chi connectivity index (χ1n) is 4.04. The van der Waals surface area contributed by atoms with Gasteiger partial charge in [-0.25, -0.2) is 0 Å². The molecule has 0 amide bonds. The molecule has 0 spiro atoms. The fraction of sp³-hybridized carbons (Fsp3) is 0.111. The molecule has 1 aromatic carbocycles. The number of carboxylic acids is 1. The molecule has 1 rings (SSSR count). The van der Waals surface area contributed by atoms with Crippen LogP contribution in [-0.4, -0.2) is 16.0 Å². The van der Waals surface area contributed by atoms with E-state index in [9.17, 15) is 14.9 Å². The number of hydrogen-bond acceptors (Lipinski definition) is 4. The summed E-state index contributed by atoms with van der Waals surface area (Å²) in [5.74, 6) is -1.20. The Morgan fingerprint density at radius 2 is 2.25 bits per heavy atom. The third-order valence-corrected chi connectivity index (χ3v) is 2.14. The van der Waals surface area contributed by atoms with Gasteiger partial charge in [0.05, 0.1) is 21.9 Å².